The van der Waals surface area contributed by atoms with Crippen LogP contribution in [0.4, 0.5) is 4.79 Å². The van der Waals surface area contributed by atoms with E-state index in [0.29, 0.717) is 5.75 Å². The van der Waals surface area contributed by atoms with Crippen molar-refractivity contribution < 1.29 is 34.8 Å². The molecular formula is C18H31N3O7. The third-order valence-electron chi connectivity index (χ3n) is 3.24. The average Bonchev–Trinajstić information content (AvgIpc) is 2.61. The van der Waals surface area contributed by atoms with Crippen molar-refractivity contribution in [1.29, 1.82) is 0 Å². The van der Waals surface area contributed by atoms with Gasteiger partial charge in [0, 0.05) is 26.8 Å². The Morgan fingerprint density at radius 3 is 1.93 bits per heavy atom. The van der Waals surface area contributed by atoms with E-state index >= 15 is 0 Å². The Morgan fingerprint density at radius 1 is 1.00 bits per heavy atom. The first-order valence-corrected chi connectivity index (χ1v) is 8.70. The van der Waals surface area contributed by atoms with Gasteiger partial charge in [0.25, 0.3) is 0 Å². The van der Waals surface area contributed by atoms with Gasteiger partial charge in [0.1, 0.15) is 5.75 Å². The van der Waals surface area contributed by atoms with Crippen molar-refractivity contribution in [3.05, 3.63) is 24.0 Å². The van der Waals surface area contributed by atoms with E-state index in [4.69, 9.17) is 24.9 Å². The molecule has 0 bridgehead atoms. The van der Waals surface area contributed by atoms with Gasteiger partial charge in [-0.05, 0) is 32.1 Å². The summed E-state index contributed by atoms with van der Waals surface area (Å²) in [5.41, 5.74) is 0.764. The number of pyridine rings is 1. The molecule has 10 heteroatoms. The summed E-state index contributed by atoms with van der Waals surface area (Å²) in [6, 6.07) is 3.44. The van der Waals surface area contributed by atoms with Crippen molar-refractivity contribution in [3.63, 3.8) is 0 Å². The van der Waals surface area contributed by atoms with Gasteiger partial charge in [-0.1, -0.05) is 26.2 Å². The molecule has 0 fully saturated rings. The van der Waals surface area contributed by atoms with Crippen LogP contribution in [0.3, 0.4) is 0 Å². The van der Waals surface area contributed by atoms with E-state index in [1.165, 1.54) is 39.8 Å². The fraction of sp³-hybridized carbons (Fsp3) is 0.556. The molecule has 0 saturated carbocycles. The standard InChI is InChI=1S/C13H22N2O.C3H7NO2.C2H2O4/c1-3-4-5-6-10-15(2)11-12-13(16)8-7-9-14-12;1-4(2)3(5)6;3-1(4)2(5)6/h7-9,16H,3-6,10-11H2,1-2H3;1-2H3,(H,5,6);(H,3,4)(H,5,6). The van der Waals surface area contributed by atoms with Crippen LogP contribution >= 0.6 is 0 Å². The Kier molecular flexibility index (Phi) is 15.9. The Labute approximate surface area is 165 Å². The molecule has 1 amide bonds. The lowest BCUT2D eigenvalue weighted by Crippen LogP contribution is -2.19. The smallest absolute Gasteiger partial charge is 0.414 e. The minimum absolute atomic E-state index is 0.294. The maximum absolute atomic E-state index is 9.62. The largest absolute Gasteiger partial charge is 0.506 e. The first kappa shape index (κ1) is 27.3. The average molecular weight is 401 g/mol. The Bertz CT molecular complexity index is 582. The van der Waals surface area contributed by atoms with Crippen molar-refractivity contribution in [1.82, 2.24) is 14.8 Å². The second-order valence-corrected chi connectivity index (χ2v) is 6.05. The van der Waals surface area contributed by atoms with Crippen molar-refractivity contribution >= 4 is 18.0 Å². The van der Waals surface area contributed by atoms with Gasteiger partial charge in [-0.15, -0.1) is 0 Å². The third-order valence-corrected chi connectivity index (χ3v) is 3.24. The first-order valence-electron chi connectivity index (χ1n) is 8.70. The Hall–Kier alpha value is -2.88. The lowest BCUT2D eigenvalue weighted by Gasteiger charge is -2.16. The van der Waals surface area contributed by atoms with Crippen molar-refractivity contribution in [2.45, 2.75) is 39.2 Å². The van der Waals surface area contributed by atoms with Crippen LogP contribution in [0.1, 0.15) is 38.3 Å². The molecule has 0 aliphatic carbocycles. The summed E-state index contributed by atoms with van der Waals surface area (Å²) in [5, 5.41) is 32.3. The van der Waals surface area contributed by atoms with Gasteiger partial charge in [-0.25, -0.2) is 14.4 Å². The van der Waals surface area contributed by atoms with Gasteiger partial charge in [-0.2, -0.15) is 0 Å². The maximum Gasteiger partial charge on any atom is 0.414 e. The first-order chi connectivity index (χ1) is 13.0. The molecule has 0 aromatic carbocycles. The summed E-state index contributed by atoms with van der Waals surface area (Å²) in [4.78, 5) is 35.3. The summed E-state index contributed by atoms with van der Waals surface area (Å²) in [7, 11) is 5.02. The molecule has 0 aliphatic rings. The number of carbonyl (C=O) groups is 3. The predicted molar refractivity (Wildman–Crippen MR) is 103 cm³/mol. The van der Waals surface area contributed by atoms with Crippen LogP contribution in [0.2, 0.25) is 0 Å². The lowest BCUT2D eigenvalue weighted by atomic mass is 10.2. The molecule has 1 aromatic rings. The molecule has 0 saturated heterocycles. The molecule has 4 N–H and O–H groups in total. The minimum atomic E-state index is -1.82. The van der Waals surface area contributed by atoms with E-state index in [9.17, 15) is 9.90 Å². The molecule has 1 rings (SSSR count). The summed E-state index contributed by atoms with van der Waals surface area (Å²) in [5.74, 6) is -3.35. The summed E-state index contributed by atoms with van der Waals surface area (Å²) >= 11 is 0. The number of amides is 1. The summed E-state index contributed by atoms with van der Waals surface area (Å²) < 4.78 is 0. The highest BCUT2D eigenvalue weighted by Gasteiger charge is 2.05. The van der Waals surface area contributed by atoms with Crippen molar-refractivity contribution in [3.8, 4) is 5.75 Å². The molecular weight excluding hydrogens is 370 g/mol. The van der Waals surface area contributed by atoms with E-state index in [1.807, 2.05) is 0 Å². The number of hydrogen-bond donors (Lipinski definition) is 4. The van der Waals surface area contributed by atoms with Crippen molar-refractivity contribution in [2.75, 3.05) is 27.7 Å². The van der Waals surface area contributed by atoms with Crippen LogP contribution in [0.15, 0.2) is 18.3 Å². The number of aliphatic carboxylic acids is 2. The highest BCUT2D eigenvalue weighted by molar-refractivity contribution is 6.27. The van der Waals surface area contributed by atoms with Gasteiger partial charge in [-0.3, -0.25) is 4.98 Å². The predicted octanol–water partition coefficient (Wildman–Crippen LogP) is 2.18. The van der Waals surface area contributed by atoms with Crippen LogP contribution in [-0.4, -0.2) is 80.9 Å². The number of hydrogen-bond acceptors (Lipinski definition) is 6. The molecule has 10 nitrogen and oxygen atoms in total. The van der Waals surface area contributed by atoms with Gasteiger partial charge < -0.3 is 30.2 Å². The third kappa shape index (κ3) is 16.6. The molecule has 0 spiro atoms. The van der Waals surface area contributed by atoms with Gasteiger partial charge in [0.05, 0.1) is 5.69 Å². The van der Waals surface area contributed by atoms with Crippen LogP contribution in [0, 0.1) is 0 Å². The molecule has 1 heterocycles. The maximum atomic E-state index is 9.62. The van der Waals surface area contributed by atoms with E-state index in [-0.39, 0.29) is 0 Å². The Morgan fingerprint density at radius 2 is 1.54 bits per heavy atom. The molecule has 0 radical (unpaired) electrons. The number of carboxylic acids is 2. The van der Waals surface area contributed by atoms with Gasteiger partial charge >= 0.3 is 18.0 Å². The minimum Gasteiger partial charge on any atom is -0.506 e. The van der Waals surface area contributed by atoms with E-state index in [1.54, 1.807) is 18.3 Å². The molecule has 0 atom stereocenters. The molecule has 1 aromatic heterocycles. The van der Waals surface area contributed by atoms with E-state index in [2.05, 4.69) is 23.9 Å². The number of aromatic hydroxyl groups is 1. The monoisotopic (exact) mass is 401 g/mol. The zero-order valence-electron chi connectivity index (χ0n) is 16.8. The van der Waals surface area contributed by atoms with Crippen LogP contribution in [0.5, 0.6) is 5.75 Å². The van der Waals surface area contributed by atoms with Gasteiger partial charge in [0.15, 0.2) is 0 Å². The van der Waals surface area contributed by atoms with E-state index < -0.39 is 18.0 Å². The highest BCUT2D eigenvalue weighted by atomic mass is 16.4. The fourth-order valence-electron chi connectivity index (χ4n) is 1.69. The SMILES string of the molecule is CCCCCCN(C)Cc1ncccc1O.CN(C)C(=O)O.O=C(O)C(=O)O. The van der Waals surface area contributed by atoms with Crippen LogP contribution in [0.25, 0.3) is 0 Å². The number of aromatic nitrogens is 1. The second kappa shape index (κ2) is 16.3. The zero-order valence-corrected chi connectivity index (χ0v) is 16.8. The number of rotatable bonds is 7. The fourth-order valence-corrected chi connectivity index (χ4v) is 1.69. The number of carboxylic acid groups (broad SMARTS) is 3. The molecule has 28 heavy (non-hydrogen) atoms. The highest BCUT2D eigenvalue weighted by Crippen LogP contribution is 2.14. The van der Waals surface area contributed by atoms with Crippen LogP contribution in [-0.2, 0) is 16.1 Å². The van der Waals surface area contributed by atoms with Crippen LogP contribution < -0.4 is 0 Å². The van der Waals surface area contributed by atoms with E-state index in [0.717, 1.165) is 23.7 Å². The summed E-state index contributed by atoms with van der Waals surface area (Å²) in [6.07, 6.45) is 5.90. The quantitative estimate of drug-likeness (QED) is 0.398. The normalized spacial score (nSPS) is 9.46. The number of nitrogens with zero attached hydrogens (tertiary/aromatic N) is 3. The molecule has 0 unspecified atom stereocenters. The summed E-state index contributed by atoms with van der Waals surface area (Å²) in [6.45, 7) is 4.00. The lowest BCUT2D eigenvalue weighted by molar-refractivity contribution is -0.159. The van der Waals surface area contributed by atoms with Crippen molar-refractivity contribution in [2.24, 2.45) is 0 Å². The molecule has 0 aliphatic heterocycles. The zero-order chi connectivity index (χ0) is 22.1. The number of unbranched alkanes of at least 4 members (excludes halogenated alkanes) is 3. The second-order valence-electron chi connectivity index (χ2n) is 6.05. The molecule has 160 valence electrons. The topological polar surface area (TPSA) is 152 Å². The Balaban J connectivity index is 0. The van der Waals surface area contributed by atoms with Gasteiger partial charge in [0.2, 0.25) is 0 Å².